The van der Waals surface area contributed by atoms with Crippen LogP contribution in [-0.2, 0) is 5.41 Å². The second kappa shape index (κ2) is 10.5. The predicted molar refractivity (Wildman–Crippen MR) is 155 cm³/mol. The molecule has 0 saturated heterocycles. The van der Waals surface area contributed by atoms with E-state index in [4.69, 9.17) is 4.98 Å². The minimum Gasteiger partial charge on any atom is -0.299 e. The molecule has 4 aromatic rings. The molecule has 3 aromatic carbocycles. The fraction of sp³-hybridized carbons (Fsp3) is 0.382. The molecule has 188 valence electrons. The Bertz CT molecular complexity index is 1280. The third-order valence-corrected chi connectivity index (χ3v) is 8.22. The van der Waals surface area contributed by atoms with Crippen LogP contribution < -0.4 is 0 Å². The van der Waals surface area contributed by atoms with Gasteiger partial charge in [0.25, 0.3) is 0 Å². The summed E-state index contributed by atoms with van der Waals surface area (Å²) in [5.41, 5.74) is 9.12. The van der Waals surface area contributed by atoms with Crippen LogP contribution >= 0.6 is 0 Å². The first kappa shape index (κ1) is 25.9. The summed E-state index contributed by atoms with van der Waals surface area (Å²) in [7, 11) is 0. The van der Waals surface area contributed by atoms with Crippen molar-refractivity contribution in [2.45, 2.75) is 79.1 Å². The van der Waals surface area contributed by atoms with Crippen molar-refractivity contribution in [1.29, 1.82) is 0 Å². The van der Waals surface area contributed by atoms with Crippen LogP contribution in [0.4, 0.5) is 0 Å². The highest BCUT2D eigenvalue weighted by molar-refractivity contribution is 5.75. The van der Waals surface area contributed by atoms with Gasteiger partial charge in [0.05, 0.1) is 5.69 Å². The van der Waals surface area contributed by atoms with E-state index >= 15 is 0 Å². The molecule has 0 fully saturated rings. The molecular formula is C34H42N2. The quantitative estimate of drug-likeness (QED) is 0.246. The van der Waals surface area contributed by atoms with Crippen LogP contribution in [0.1, 0.15) is 90.3 Å². The Morgan fingerprint density at radius 1 is 0.778 bits per heavy atom. The number of nitrogens with zero attached hydrogens (tertiary/aromatic N) is 2. The Morgan fingerprint density at radius 3 is 1.97 bits per heavy atom. The van der Waals surface area contributed by atoms with Crippen molar-refractivity contribution in [1.82, 2.24) is 9.55 Å². The van der Waals surface area contributed by atoms with Gasteiger partial charge in [0.15, 0.2) is 0 Å². The van der Waals surface area contributed by atoms with Gasteiger partial charge in [0.1, 0.15) is 5.82 Å². The van der Waals surface area contributed by atoms with Gasteiger partial charge in [0.2, 0.25) is 0 Å². The van der Waals surface area contributed by atoms with Crippen molar-refractivity contribution in [2.24, 2.45) is 5.92 Å². The second-order valence-corrected chi connectivity index (χ2v) is 11.3. The Balaban J connectivity index is 2.05. The summed E-state index contributed by atoms with van der Waals surface area (Å²) in [4.78, 5) is 5.03. The number of hydrogen-bond acceptors (Lipinski definition) is 1. The van der Waals surface area contributed by atoms with Gasteiger partial charge < -0.3 is 0 Å². The van der Waals surface area contributed by atoms with E-state index < -0.39 is 0 Å². The van der Waals surface area contributed by atoms with Crippen LogP contribution in [0.3, 0.4) is 0 Å². The minimum atomic E-state index is 0.0414. The first-order valence-electron chi connectivity index (χ1n) is 13.6. The van der Waals surface area contributed by atoms with E-state index in [-0.39, 0.29) is 5.41 Å². The molecule has 0 spiro atoms. The number of hydrogen-bond donors (Lipinski definition) is 0. The third kappa shape index (κ3) is 4.66. The van der Waals surface area contributed by atoms with Crippen molar-refractivity contribution in [3.05, 3.63) is 95.8 Å². The Labute approximate surface area is 218 Å². The Hall–Kier alpha value is -3.13. The summed E-state index contributed by atoms with van der Waals surface area (Å²) in [5, 5.41) is 0. The molecule has 4 rings (SSSR count). The molecule has 0 radical (unpaired) electrons. The van der Waals surface area contributed by atoms with E-state index in [0.717, 1.165) is 12.2 Å². The summed E-state index contributed by atoms with van der Waals surface area (Å²) in [6.07, 6.45) is 5.19. The van der Waals surface area contributed by atoms with Crippen molar-refractivity contribution in [2.75, 3.05) is 0 Å². The zero-order valence-electron chi connectivity index (χ0n) is 23.3. The van der Waals surface area contributed by atoms with Gasteiger partial charge in [-0.3, -0.25) is 4.57 Å². The molecule has 0 aliphatic rings. The number of rotatable bonds is 8. The van der Waals surface area contributed by atoms with E-state index in [2.05, 4.69) is 133 Å². The molecule has 1 atom stereocenters. The lowest BCUT2D eigenvalue weighted by molar-refractivity contribution is 0.327. The zero-order valence-corrected chi connectivity index (χ0v) is 23.3. The standard InChI is InChI=1S/C34H42N2/c1-9-34(8,25(6)7)31-19-18-27(26-14-11-10-12-15-26)22-30(31)33-35-20-21-36(33)32-28(23(2)3)16-13-17-29(32)24(4)5/h10-25H,9H2,1-8H3. The zero-order chi connectivity index (χ0) is 26.0. The normalized spacial score (nSPS) is 13.5. The summed E-state index contributed by atoms with van der Waals surface area (Å²) in [5.74, 6) is 2.36. The van der Waals surface area contributed by atoms with E-state index in [1.54, 1.807) is 0 Å². The van der Waals surface area contributed by atoms with Crippen molar-refractivity contribution in [3.8, 4) is 28.2 Å². The highest BCUT2D eigenvalue weighted by Gasteiger charge is 2.32. The molecule has 0 bridgehead atoms. The van der Waals surface area contributed by atoms with Crippen molar-refractivity contribution in [3.63, 3.8) is 0 Å². The summed E-state index contributed by atoms with van der Waals surface area (Å²) >= 11 is 0. The number of para-hydroxylation sites is 1. The molecule has 36 heavy (non-hydrogen) atoms. The van der Waals surface area contributed by atoms with Crippen LogP contribution in [0.15, 0.2) is 79.1 Å². The molecule has 2 heteroatoms. The second-order valence-electron chi connectivity index (χ2n) is 11.3. The van der Waals surface area contributed by atoms with Crippen LogP contribution in [0, 0.1) is 5.92 Å². The maximum atomic E-state index is 5.03. The van der Waals surface area contributed by atoms with E-state index in [1.165, 1.54) is 39.1 Å². The number of imidazole rings is 1. The van der Waals surface area contributed by atoms with Gasteiger partial charge >= 0.3 is 0 Å². The fourth-order valence-corrected chi connectivity index (χ4v) is 5.42. The molecule has 0 aliphatic heterocycles. The minimum absolute atomic E-state index is 0.0414. The van der Waals surface area contributed by atoms with E-state index in [9.17, 15) is 0 Å². The molecular weight excluding hydrogens is 436 g/mol. The molecule has 2 nitrogen and oxygen atoms in total. The average Bonchev–Trinajstić information content (AvgIpc) is 3.37. The summed E-state index contributed by atoms with van der Waals surface area (Å²) in [6, 6.07) is 24.5. The lowest BCUT2D eigenvalue weighted by Gasteiger charge is -2.35. The monoisotopic (exact) mass is 478 g/mol. The van der Waals surface area contributed by atoms with Crippen LogP contribution in [0.25, 0.3) is 28.2 Å². The number of aromatic nitrogens is 2. The smallest absolute Gasteiger partial charge is 0.144 e. The molecule has 1 aromatic heterocycles. The van der Waals surface area contributed by atoms with Gasteiger partial charge in [0, 0.05) is 18.0 Å². The first-order chi connectivity index (χ1) is 17.2. The largest absolute Gasteiger partial charge is 0.299 e. The SMILES string of the molecule is CCC(C)(c1ccc(-c2ccccc2)cc1-c1nccn1-c1c(C(C)C)cccc1C(C)C)C(C)C. The van der Waals surface area contributed by atoms with Crippen LogP contribution in [-0.4, -0.2) is 9.55 Å². The molecule has 0 aliphatic carbocycles. The third-order valence-electron chi connectivity index (χ3n) is 8.22. The van der Waals surface area contributed by atoms with Crippen LogP contribution in [0.5, 0.6) is 0 Å². The van der Waals surface area contributed by atoms with E-state index in [0.29, 0.717) is 17.8 Å². The van der Waals surface area contributed by atoms with Gasteiger partial charge in [-0.15, -0.1) is 0 Å². The molecule has 0 amide bonds. The average molecular weight is 479 g/mol. The highest BCUT2D eigenvalue weighted by atomic mass is 15.1. The Kier molecular flexibility index (Phi) is 7.54. The highest BCUT2D eigenvalue weighted by Crippen LogP contribution is 2.43. The van der Waals surface area contributed by atoms with Gasteiger partial charge in [-0.1, -0.05) is 116 Å². The van der Waals surface area contributed by atoms with Crippen molar-refractivity contribution < 1.29 is 0 Å². The topological polar surface area (TPSA) is 17.8 Å². The van der Waals surface area contributed by atoms with Gasteiger partial charge in [-0.25, -0.2) is 4.98 Å². The van der Waals surface area contributed by atoms with Crippen molar-refractivity contribution >= 4 is 0 Å². The predicted octanol–water partition coefficient (Wildman–Crippen LogP) is 9.78. The molecule has 1 unspecified atom stereocenters. The van der Waals surface area contributed by atoms with E-state index in [1.807, 2.05) is 6.20 Å². The van der Waals surface area contributed by atoms with Gasteiger partial charge in [-0.05, 0) is 63.5 Å². The molecule has 0 N–H and O–H groups in total. The summed E-state index contributed by atoms with van der Waals surface area (Å²) < 4.78 is 2.36. The molecule has 1 heterocycles. The maximum absolute atomic E-state index is 5.03. The number of benzene rings is 3. The Morgan fingerprint density at radius 2 is 1.42 bits per heavy atom. The molecule has 0 saturated carbocycles. The lowest BCUT2D eigenvalue weighted by Crippen LogP contribution is -2.28. The fourth-order valence-electron chi connectivity index (χ4n) is 5.42. The summed E-state index contributed by atoms with van der Waals surface area (Å²) in [6.45, 7) is 18.6. The maximum Gasteiger partial charge on any atom is 0.144 e. The lowest BCUT2D eigenvalue weighted by atomic mass is 9.69. The van der Waals surface area contributed by atoms with Crippen LogP contribution in [0.2, 0.25) is 0 Å². The van der Waals surface area contributed by atoms with Gasteiger partial charge in [-0.2, -0.15) is 0 Å². The first-order valence-corrected chi connectivity index (χ1v) is 13.6.